The molecule has 0 saturated carbocycles. The second-order valence-electron chi connectivity index (χ2n) is 8.87. The second kappa shape index (κ2) is 11.9. The van der Waals surface area contributed by atoms with Gasteiger partial charge < -0.3 is 10.0 Å². The van der Waals surface area contributed by atoms with Gasteiger partial charge in [-0.3, -0.25) is 0 Å². The zero-order valence-electron chi connectivity index (χ0n) is 20.5. The quantitative estimate of drug-likeness (QED) is 0.152. The van der Waals surface area contributed by atoms with E-state index in [9.17, 15) is 5.11 Å². The van der Waals surface area contributed by atoms with Crippen LogP contribution >= 0.6 is 35.0 Å². The lowest BCUT2D eigenvalue weighted by atomic mass is 10.1. The van der Waals surface area contributed by atoms with E-state index in [0.717, 1.165) is 21.3 Å². The summed E-state index contributed by atoms with van der Waals surface area (Å²) in [6.45, 7) is 7.59. The molecule has 4 rings (SSSR count). The molecule has 0 radical (unpaired) electrons. The maximum atomic E-state index is 9.79. The van der Waals surface area contributed by atoms with Crippen molar-refractivity contribution < 1.29 is 5.11 Å². The highest BCUT2D eigenvalue weighted by Gasteiger charge is 2.17. The Morgan fingerprint density at radius 3 is 1.97 bits per heavy atom. The van der Waals surface area contributed by atoms with Gasteiger partial charge in [0, 0.05) is 18.0 Å². The van der Waals surface area contributed by atoms with Crippen molar-refractivity contribution in [1.82, 2.24) is 4.90 Å². The minimum Gasteiger partial charge on any atom is -0.508 e. The number of aliphatic imine (C=N–C) groups is 1. The van der Waals surface area contributed by atoms with Gasteiger partial charge in [0.05, 0.1) is 15.7 Å². The molecule has 4 aromatic carbocycles. The van der Waals surface area contributed by atoms with Crippen LogP contribution in [0.15, 0.2) is 94.8 Å². The van der Waals surface area contributed by atoms with Crippen LogP contribution in [0.4, 0.5) is 5.69 Å². The van der Waals surface area contributed by atoms with Gasteiger partial charge >= 0.3 is 0 Å². The van der Waals surface area contributed by atoms with Gasteiger partial charge in [-0.05, 0) is 73.9 Å². The highest BCUT2D eigenvalue weighted by Crippen LogP contribution is 2.32. The van der Waals surface area contributed by atoms with Crippen molar-refractivity contribution in [2.75, 3.05) is 0 Å². The van der Waals surface area contributed by atoms with Crippen molar-refractivity contribution in [2.45, 2.75) is 38.8 Å². The van der Waals surface area contributed by atoms with E-state index in [4.69, 9.17) is 28.2 Å². The van der Waals surface area contributed by atoms with Crippen molar-refractivity contribution in [3.63, 3.8) is 0 Å². The second-order valence-corrected chi connectivity index (χ2v) is 10.7. The maximum Gasteiger partial charge on any atom is 0.169 e. The summed E-state index contributed by atoms with van der Waals surface area (Å²) in [4.78, 5) is 8.45. The fourth-order valence-electron chi connectivity index (χ4n) is 3.76. The van der Waals surface area contributed by atoms with Gasteiger partial charge in [-0.2, -0.15) is 0 Å². The number of amidine groups is 1. The Morgan fingerprint density at radius 1 is 0.750 bits per heavy atom. The van der Waals surface area contributed by atoms with E-state index in [-0.39, 0.29) is 5.75 Å². The number of halogens is 2. The summed E-state index contributed by atoms with van der Waals surface area (Å²) in [5, 5.41) is 11.6. The van der Waals surface area contributed by atoms with E-state index >= 15 is 0 Å². The molecule has 0 unspecified atom stereocenters. The number of thioether (sulfide) groups is 1. The van der Waals surface area contributed by atoms with E-state index in [1.165, 1.54) is 22.3 Å². The molecule has 0 amide bonds. The van der Waals surface area contributed by atoms with Crippen LogP contribution in [0.1, 0.15) is 27.8 Å². The van der Waals surface area contributed by atoms with Gasteiger partial charge in [0.25, 0.3) is 0 Å². The fourth-order valence-corrected chi connectivity index (χ4v) is 5.02. The smallest absolute Gasteiger partial charge is 0.169 e. The summed E-state index contributed by atoms with van der Waals surface area (Å²) in [6, 6.07) is 27.7. The number of aryl methyl sites for hydroxylation is 3. The lowest BCUT2D eigenvalue weighted by Crippen LogP contribution is -2.28. The first-order chi connectivity index (χ1) is 17.3. The van der Waals surface area contributed by atoms with Gasteiger partial charge in [-0.1, -0.05) is 94.6 Å². The van der Waals surface area contributed by atoms with Crippen molar-refractivity contribution in [1.29, 1.82) is 0 Å². The molecule has 0 atom stereocenters. The van der Waals surface area contributed by atoms with Crippen molar-refractivity contribution in [2.24, 2.45) is 4.99 Å². The molecule has 3 nitrogen and oxygen atoms in total. The van der Waals surface area contributed by atoms with Gasteiger partial charge in [0.15, 0.2) is 5.17 Å². The Labute approximate surface area is 227 Å². The highest BCUT2D eigenvalue weighted by atomic mass is 35.5. The van der Waals surface area contributed by atoms with Crippen molar-refractivity contribution >= 4 is 45.8 Å². The van der Waals surface area contributed by atoms with E-state index < -0.39 is 0 Å². The lowest BCUT2D eigenvalue weighted by Gasteiger charge is -2.27. The molecule has 0 heterocycles. The summed E-state index contributed by atoms with van der Waals surface area (Å²) in [5.74, 6) is 0.248. The Kier molecular flexibility index (Phi) is 8.63. The number of benzene rings is 4. The van der Waals surface area contributed by atoms with E-state index in [0.29, 0.717) is 23.1 Å². The fraction of sp³-hybridized carbons (Fsp3) is 0.167. The zero-order valence-corrected chi connectivity index (χ0v) is 22.8. The predicted octanol–water partition coefficient (Wildman–Crippen LogP) is 9.11. The SMILES string of the molecule is Cc1ccc(CN(Cc2ccc(O)cc2)C(=Nc2ccc(Cl)c(Cl)c2)Sc2ccc(C)cc2C)cc1. The van der Waals surface area contributed by atoms with Crippen LogP contribution in [0.25, 0.3) is 0 Å². The Balaban J connectivity index is 1.78. The van der Waals surface area contributed by atoms with Crippen LogP contribution in [0.5, 0.6) is 5.75 Å². The molecule has 36 heavy (non-hydrogen) atoms. The molecule has 6 heteroatoms. The highest BCUT2D eigenvalue weighted by molar-refractivity contribution is 8.13. The normalized spacial score (nSPS) is 11.5. The van der Waals surface area contributed by atoms with Crippen LogP contribution in [0, 0.1) is 20.8 Å². The monoisotopic (exact) mass is 534 g/mol. The number of phenols is 1. The van der Waals surface area contributed by atoms with Crippen molar-refractivity contribution in [3.05, 3.63) is 123 Å². The van der Waals surface area contributed by atoms with Gasteiger partial charge in [0.2, 0.25) is 0 Å². The average molecular weight is 536 g/mol. The largest absolute Gasteiger partial charge is 0.508 e. The van der Waals surface area contributed by atoms with Gasteiger partial charge in [0.1, 0.15) is 5.75 Å². The molecule has 0 aliphatic rings. The molecule has 0 bridgehead atoms. The number of rotatable bonds is 6. The number of hydrogen-bond donors (Lipinski definition) is 1. The minimum absolute atomic E-state index is 0.248. The summed E-state index contributed by atoms with van der Waals surface area (Å²) >= 11 is 14.1. The van der Waals surface area contributed by atoms with Gasteiger partial charge in [-0.15, -0.1) is 0 Å². The minimum atomic E-state index is 0.248. The van der Waals surface area contributed by atoms with Crippen molar-refractivity contribution in [3.8, 4) is 5.75 Å². The Hall–Kier alpha value is -2.92. The van der Waals surface area contributed by atoms with E-state index in [1.54, 1.807) is 36.0 Å². The molecule has 0 spiro atoms. The van der Waals surface area contributed by atoms with Crippen LogP contribution in [0.3, 0.4) is 0 Å². The molecule has 1 N–H and O–H groups in total. The summed E-state index contributed by atoms with van der Waals surface area (Å²) in [5.41, 5.74) is 6.63. The summed E-state index contributed by atoms with van der Waals surface area (Å²) in [7, 11) is 0. The number of hydrogen-bond acceptors (Lipinski definition) is 3. The molecule has 0 fully saturated rings. The third-order valence-corrected chi connectivity index (χ3v) is 7.68. The third kappa shape index (κ3) is 7.07. The van der Waals surface area contributed by atoms with Crippen LogP contribution in [-0.4, -0.2) is 15.2 Å². The Morgan fingerprint density at radius 2 is 1.36 bits per heavy atom. The first kappa shape index (κ1) is 26.2. The average Bonchev–Trinajstić information content (AvgIpc) is 2.85. The first-order valence-electron chi connectivity index (χ1n) is 11.6. The summed E-state index contributed by atoms with van der Waals surface area (Å²) < 4.78 is 0. The molecule has 184 valence electrons. The van der Waals surface area contributed by atoms with E-state index in [2.05, 4.69) is 68.1 Å². The summed E-state index contributed by atoms with van der Waals surface area (Å²) in [6.07, 6.45) is 0. The molecular formula is C30H28Cl2N2OS. The van der Waals surface area contributed by atoms with Gasteiger partial charge in [-0.25, -0.2) is 4.99 Å². The molecule has 0 aliphatic heterocycles. The molecule has 4 aromatic rings. The molecule has 0 saturated heterocycles. The van der Waals surface area contributed by atoms with E-state index in [1.807, 2.05) is 18.2 Å². The number of nitrogens with zero attached hydrogens (tertiary/aromatic N) is 2. The topological polar surface area (TPSA) is 35.8 Å². The molecule has 0 aliphatic carbocycles. The van der Waals surface area contributed by atoms with Crippen LogP contribution < -0.4 is 0 Å². The van der Waals surface area contributed by atoms with Crippen LogP contribution in [-0.2, 0) is 13.1 Å². The number of phenolic OH excluding ortho intramolecular Hbond substituents is 1. The molecule has 0 aromatic heterocycles. The predicted molar refractivity (Wildman–Crippen MR) is 154 cm³/mol. The maximum absolute atomic E-state index is 9.79. The first-order valence-corrected chi connectivity index (χ1v) is 13.2. The van der Waals surface area contributed by atoms with Crippen LogP contribution in [0.2, 0.25) is 10.0 Å². The molecular weight excluding hydrogens is 507 g/mol. The zero-order chi connectivity index (χ0) is 25.7. The standard InChI is InChI=1S/C30H28Cl2N2OS/c1-20-4-7-23(8-5-20)18-34(19-24-9-12-26(35)13-10-24)30(33-25-11-14-27(31)28(32)17-25)36-29-15-6-21(2)16-22(29)3/h4-17,35H,18-19H2,1-3H3. The number of aromatic hydroxyl groups is 1. The lowest BCUT2D eigenvalue weighted by molar-refractivity contribution is 0.414. The third-order valence-electron chi connectivity index (χ3n) is 5.73. The Bertz CT molecular complexity index is 1320.